The molecule has 0 radical (unpaired) electrons. The average molecular weight is 356 g/mol. The Morgan fingerprint density at radius 2 is 2.04 bits per heavy atom. The molecule has 0 aromatic carbocycles. The van der Waals surface area contributed by atoms with Crippen LogP contribution in [0.25, 0.3) is 5.65 Å². The summed E-state index contributed by atoms with van der Waals surface area (Å²) < 4.78 is 1.58. The topological polar surface area (TPSA) is 99.9 Å². The van der Waals surface area contributed by atoms with Crippen molar-refractivity contribution >= 4 is 23.4 Å². The molecule has 9 heteroatoms. The van der Waals surface area contributed by atoms with Gasteiger partial charge in [0.15, 0.2) is 5.65 Å². The van der Waals surface area contributed by atoms with Gasteiger partial charge in [0.1, 0.15) is 5.56 Å². The first-order valence-electron chi connectivity index (χ1n) is 8.59. The minimum Gasteiger partial charge on any atom is -0.359 e. The molecule has 2 saturated heterocycles. The summed E-state index contributed by atoms with van der Waals surface area (Å²) in [5, 5.41) is 6.76. The molecule has 4 heterocycles. The van der Waals surface area contributed by atoms with Gasteiger partial charge in [-0.15, -0.1) is 0 Å². The number of hydrogen-bond acceptors (Lipinski definition) is 5. The highest BCUT2D eigenvalue weighted by molar-refractivity contribution is 6.00. The quantitative estimate of drug-likeness (QED) is 0.796. The van der Waals surface area contributed by atoms with Crippen LogP contribution in [0.3, 0.4) is 0 Å². The zero-order valence-electron chi connectivity index (χ0n) is 14.7. The fourth-order valence-corrected chi connectivity index (χ4v) is 3.56. The predicted octanol–water partition coefficient (Wildman–Crippen LogP) is -0.543. The van der Waals surface area contributed by atoms with E-state index in [1.165, 1.54) is 6.20 Å². The van der Waals surface area contributed by atoms with Crippen molar-refractivity contribution in [2.75, 3.05) is 26.7 Å². The molecule has 1 atom stereocenters. The second-order valence-corrected chi connectivity index (χ2v) is 6.82. The van der Waals surface area contributed by atoms with E-state index in [1.807, 2.05) is 13.0 Å². The Hall–Kier alpha value is -2.97. The number of rotatable bonds is 3. The summed E-state index contributed by atoms with van der Waals surface area (Å²) in [6.07, 6.45) is 3.54. The molecule has 1 unspecified atom stereocenters. The molecule has 2 aromatic rings. The van der Waals surface area contributed by atoms with Crippen molar-refractivity contribution in [2.24, 2.45) is 5.92 Å². The van der Waals surface area contributed by atoms with E-state index in [2.05, 4.69) is 15.4 Å². The Balaban J connectivity index is 1.43. The fourth-order valence-electron chi connectivity index (χ4n) is 3.56. The molecule has 0 aliphatic carbocycles. The van der Waals surface area contributed by atoms with Crippen molar-refractivity contribution in [2.45, 2.75) is 19.4 Å². The SMILES string of the molecule is CNC(=O)C1CC(=O)N(C2CN(C(=O)c3cnn4ccc(C)nc34)C2)C1. The normalized spacial score (nSPS) is 20.5. The molecular formula is C17H20N6O3. The first-order chi connectivity index (χ1) is 12.5. The summed E-state index contributed by atoms with van der Waals surface area (Å²) in [4.78, 5) is 44.5. The van der Waals surface area contributed by atoms with Crippen LogP contribution >= 0.6 is 0 Å². The number of nitrogens with one attached hydrogen (secondary N) is 1. The van der Waals surface area contributed by atoms with Gasteiger partial charge in [-0.3, -0.25) is 14.4 Å². The van der Waals surface area contributed by atoms with Gasteiger partial charge in [-0.25, -0.2) is 9.50 Å². The highest BCUT2D eigenvalue weighted by Crippen LogP contribution is 2.26. The number of nitrogens with zero attached hydrogens (tertiary/aromatic N) is 5. The monoisotopic (exact) mass is 356 g/mol. The Morgan fingerprint density at radius 3 is 2.77 bits per heavy atom. The molecule has 9 nitrogen and oxygen atoms in total. The third-order valence-electron chi connectivity index (χ3n) is 5.10. The summed E-state index contributed by atoms with van der Waals surface area (Å²) in [5.41, 5.74) is 1.81. The van der Waals surface area contributed by atoms with Crippen molar-refractivity contribution in [3.63, 3.8) is 0 Å². The zero-order chi connectivity index (χ0) is 18.4. The van der Waals surface area contributed by atoms with Crippen LogP contribution < -0.4 is 5.32 Å². The molecule has 3 amide bonds. The number of aryl methyl sites for hydroxylation is 1. The maximum atomic E-state index is 12.7. The number of amides is 3. The van der Waals surface area contributed by atoms with E-state index >= 15 is 0 Å². The first-order valence-corrected chi connectivity index (χ1v) is 8.59. The molecule has 0 saturated carbocycles. The fraction of sp³-hybridized carbons (Fsp3) is 0.471. The predicted molar refractivity (Wildman–Crippen MR) is 91.3 cm³/mol. The van der Waals surface area contributed by atoms with Crippen LogP contribution in [-0.2, 0) is 9.59 Å². The Bertz CT molecular complexity index is 901. The van der Waals surface area contributed by atoms with E-state index in [0.29, 0.717) is 30.8 Å². The van der Waals surface area contributed by atoms with Gasteiger partial charge in [0.2, 0.25) is 11.8 Å². The van der Waals surface area contributed by atoms with Crippen molar-refractivity contribution in [3.8, 4) is 0 Å². The van der Waals surface area contributed by atoms with Crippen LogP contribution in [0.4, 0.5) is 0 Å². The largest absolute Gasteiger partial charge is 0.359 e. The van der Waals surface area contributed by atoms with E-state index in [4.69, 9.17) is 0 Å². The zero-order valence-corrected chi connectivity index (χ0v) is 14.7. The molecule has 0 bridgehead atoms. The molecule has 2 aliphatic heterocycles. The van der Waals surface area contributed by atoms with Crippen LogP contribution in [0.15, 0.2) is 18.5 Å². The molecule has 2 aromatic heterocycles. The Morgan fingerprint density at radius 1 is 1.27 bits per heavy atom. The number of carbonyl (C=O) groups is 3. The summed E-state index contributed by atoms with van der Waals surface area (Å²) >= 11 is 0. The number of hydrogen-bond donors (Lipinski definition) is 1. The van der Waals surface area contributed by atoms with E-state index in [-0.39, 0.29) is 36.1 Å². The number of aromatic nitrogens is 3. The highest BCUT2D eigenvalue weighted by atomic mass is 16.2. The molecule has 1 N–H and O–H groups in total. The standard InChI is InChI=1S/C17H20N6O3/c1-10-3-4-23-15(20-10)13(6-19-23)17(26)21-8-12(9-21)22-7-11(5-14(22)24)16(25)18-2/h3-4,6,11-12H,5,7-9H2,1-2H3,(H,18,25). The van der Waals surface area contributed by atoms with Crippen LogP contribution in [-0.4, -0.2) is 74.8 Å². The van der Waals surface area contributed by atoms with Crippen LogP contribution in [0.1, 0.15) is 22.5 Å². The maximum absolute atomic E-state index is 12.7. The Kier molecular flexibility index (Phi) is 3.86. The lowest BCUT2D eigenvalue weighted by Crippen LogP contribution is -2.61. The molecule has 4 rings (SSSR count). The van der Waals surface area contributed by atoms with Gasteiger partial charge in [-0.05, 0) is 13.0 Å². The summed E-state index contributed by atoms with van der Waals surface area (Å²) in [6.45, 7) is 3.22. The highest BCUT2D eigenvalue weighted by Gasteiger charge is 2.43. The van der Waals surface area contributed by atoms with Crippen molar-refractivity contribution in [3.05, 3.63) is 29.7 Å². The molecule has 136 valence electrons. The summed E-state index contributed by atoms with van der Waals surface area (Å²) in [6, 6.07) is 1.80. The third kappa shape index (κ3) is 2.59. The van der Waals surface area contributed by atoms with E-state index in [1.54, 1.807) is 27.6 Å². The molecular weight excluding hydrogens is 336 g/mol. The minimum atomic E-state index is -0.302. The van der Waals surface area contributed by atoms with Gasteiger partial charge in [-0.2, -0.15) is 5.10 Å². The molecule has 2 aliphatic rings. The summed E-state index contributed by atoms with van der Waals surface area (Å²) in [7, 11) is 1.57. The van der Waals surface area contributed by atoms with Gasteiger partial charge in [0.05, 0.1) is 18.2 Å². The molecule has 0 spiro atoms. The first kappa shape index (κ1) is 16.5. The van der Waals surface area contributed by atoms with Crippen LogP contribution in [0.2, 0.25) is 0 Å². The molecule has 2 fully saturated rings. The van der Waals surface area contributed by atoms with E-state index in [9.17, 15) is 14.4 Å². The molecule has 26 heavy (non-hydrogen) atoms. The van der Waals surface area contributed by atoms with Crippen molar-refractivity contribution in [1.82, 2.24) is 29.7 Å². The second-order valence-electron chi connectivity index (χ2n) is 6.82. The number of carbonyl (C=O) groups excluding carboxylic acids is 3. The van der Waals surface area contributed by atoms with Gasteiger partial charge in [0.25, 0.3) is 5.91 Å². The average Bonchev–Trinajstić information content (AvgIpc) is 3.16. The number of likely N-dealkylation sites (tertiary alicyclic amines) is 2. The van der Waals surface area contributed by atoms with Gasteiger partial charge in [-0.1, -0.05) is 0 Å². The van der Waals surface area contributed by atoms with Gasteiger partial charge in [0, 0.05) is 45.0 Å². The van der Waals surface area contributed by atoms with Crippen LogP contribution in [0, 0.1) is 12.8 Å². The van der Waals surface area contributed by atoms with Gasteiger partial charge < -0.3 is 15.1 Å². The third-order valence-corrected chi connectivity index (χ3v) is 5.10. The lowest BCUT2D eigenvalue weighted by molar-refractivity contribution is -0.132. The number of fused-ring (bicyclic) bond motifs is 1. The van der Waals surface area contributed by atoms with Crippen molar-refractivity contribution < 1.29 is 14.4 Å². The van der Waals surface area contributed by atoms with E-state index in [0.717, 1.165) is 5.69 Å². The second kappa shape index (κ2) is 6.08. The van der Waals surface area contributed by atoms with Gasteiger partial charge >= 0.3 is 0 Å². The lowest BCUT2D eigenvalue weighted by Gasteiger charge is -2.43. The minimum absolute atomic E-state index is 0.0241. The Labute approximate surface area is 150 Å². The lowest BCUT2D eigenvalue weighted by atomic mass is 10.1. The summed E-state index contributed by atoms with van der Waals surface area (Å²) in [5.74, 6) is -0.572. The van der Waals surface area contributed by atoms with Crippen molar-refractivity contribution in [1.29, 1.82) is 0 Å². The van der Waals surface area contributed by atoms with Crippen LogP contribution in [0.5, 0.6) is 0 Å². The maximum Gasteiger partial charge on any atom is 0.259 e. The smallest absolute Gasteiger partial charge is 0.259 e. The van der Waals surface area contributed by atoms with E-state index < -0.39 is 0 Å².